The van der Waals surface area contributed by atoms with E-state index < -0.39 is 114 Å². The summed E-state index contributed by atoms with van der Waals surface area (Å²) in [7, 11) is 0. The lowest BCUT2D eigenvalue weighted by atomic mass is 9.99. The van der Waals surface area contributed by atoms with E-state index in [1.165, 1.54) is 0 Å². The van der Waals surface area contributed by atoms with Crippen molar-refractivity contribution in [3.8, 4) is 0 Å². The zero-order valence-electron chi connectivity index (χ0n) is 48.6. The Labute approximate surface area is 497 Å². The Balaban J connectivity index is 1.66. The predicted molar refractivity (Wildman–Crippen MR) is 326 cm³/mol. The zero-order chi connectivity index (χ0) is 63.5. The van der Waals surface area contributed by atoms with E-state index in [-0.39, 0.29) is 102 Å². The lowest BCUT2D eigenvalue weighted by Gasteiger charge is -2.29. The van der Waals surface area contributed by atoms with Crippen LogP contribution in [-0.2, 0) is 56.0 Å². The highest BCUT2D eigenvalue weighted by Gasteiger charge is 2.36. The lowest BCUT2D eigenvalue weighted by molar-refractivity contribution is -0.136. The van der Waals surface area contributed by atoms with Crippen molar-refractivity contribution in [2.75, 3.05) is 26.2 Å². The number of nitrogens with two attached hydrogens (primary N) is 10. The Hall–Kier alpha value is -9.52. The number of carbonyl (C=O) groups excluding carboxylic acids is 9. The highest BCUT2D eigenvalue weighted by Crippen LogP contribution is 2.22. The number of nitrogens with zero attached hydrogens (tertiary/aromatic N) is 3. The Morgan fingerprint density at radius 3 is 1.22 bits per heavy atom. The SMILES string of the molecule is CC(C)[C@@H](NC(=O)[C@@H](CCCCN)NC(=O)[C@@H](Cc1c[nH]c2ccccc12)NC(=O)[C@@H](Cc1c[nH]c2ccccc12)NC(=O)[C@H](N)CC(N)=O)C(=O)N[C@H](CCCN=C(N)N)C(=O)N[C@H](CCCN=C(N)N)C(=O)N[C@H](CCCN=C(N)N)C(N)=O. The number of aliphatic imine (C=N–C) groups is 3. The number of para-hydroxylation sites is 2. The first-order valence-electron chi connectivity index (χ1n) is 28.3. The number of guanidine groups is 3. The molecule has 2 aromatic carbocycles. The van der Waals surface area contributed by atoms with E-state index in [0.29, 0.717) is 24.0 Å². The van der Waals surface area contributed by atoms with Gasteiger partial charge in [0.05, 0.1) is 12.5 Å². The molecule has 0 bridgehead atoms. The number of aromatic nitrogens is 2. The molecule has 0 aliphatic carbocycles. The van der Waals surface area contributed by atoms with Crippen molar-refractivity contribution in [2.45, 2.75) is 139 Å². The fourth-order valence-corrected chi connectivity index (χ4v) is 9.28. The number of aromatic amines is 2. The molecule has 86 heavy (non-hydrogen) atoms. The molecule has 8 atom stereocenters. The smallest absolute Gasteiger partial charge is 0.243 e. The van der Waals surface area contributed by atoms with E-state index in [4.69, 9.17) is 57.3 Å². The quantitative estimate of drug-likeness (QED) is 0.0114. The second kappa shape index (κ2) is 34.9. The molecular formula is C55H86N22O9. The van der Waals surface area contributed by atoms with Crippen molar-refractivity contribution >= 4 is 92.8 Å². The van der Waals surface area contributed by atoms with Gasteiger partial charge in [-0.1, -0.05) is 50.2 Å². The molecule has 31 nitrogen and oxygen atoms in total. The van der Waals surface area contributed by atoms with Crippen LogP contribution in [0.3, 0.4) is 0 Å². The Morgan fingerprint density at radius 2 is 0.814 bits per heavy atom. The van der Waals surface area contributed by atoms with Gasteiger partial charge in [0.15, 0.2) is 17.9 Å². The number of rotatable bonds is 38. The third-order valence-corrected chi connectivity index (χ3v) is 13.8. The molecule has 2 heterocycles. The maximum absolute atomic E-state index is 14.9. The number of H-pyrrole nitrogens is 2. The number of hydrogen-bond donors (Lipinski definition) is 19. The number of unbranched alkanes of at least 4 members (excludes halogenated alkanes) is 1. The molecule has 0 saturated heterocycles. The average Bonchev–Trinajstić information content (AvgIpc) is 3.49. The summed E-state index contributed by atoms with van der Waals surface area (Å²) in [6.45, 7) is 3.75. The zero-order valence-corrected chi connectivity index (χ0v) is 48.6. The van der Waals surface area contributed by atoms with Crippen molar-refractivity contribution in [1.29, 1.82) is 0 Å². The van der Waals surface area contributed by atoms with Crippen molar-refractivity contribution in [3.63, 3.8) is 0 Å². The van der Waals surface area contributed by atoms with Crippen LogP contribution in [0.4, 0.5) is 0 Å². The third kappa shape index (κ3) is 22.9. The van der Waals surface area contributed by atoms with Gasteiger partial charge in [-0.05, 0) is 93.5 Å². The van der Waals surface area contributed by atoms with Gasteiger partial charge in [-0.25, -0.2) is 0 Å². The summed E-state index contributed by atoms with van der Waals surface area (Å²) in [5, 5.41) is 20.4. The van der Waals surface area contributed by atoms with E-state index in [2.05, 4.69) is 62.2 Å². The van der Waals surface area contributed by atoms with Crippen LogP contribution < -0.4 is 94.6 Å². The summed E-state index contributed by atoms with van der Waals surface area (Å²) >= 11 is 0. The number of amides is 9. The second-order valence-corrected chi connectivity index (χ2v) is 21.0. The van der Waals surface area contributed by atoms with Gasteiger partial charge in [0.2, 0.25) is 53.2 Å². The van der Waals surface area contributed by atoms with Gasteiger partial charge in [0, 0.05) is 66.7 Å². The van der Waals surface area contributed by atoms with Crippen LogP contribution in [0.2, 0.25) is 0 Å². The van der Waals surface area contributed by atoms with E-state index in [0.717, 1.165) is 21.8 Å². The summed E-state index contributed by atoms with van der Waals surface area (Å²) in [5.74, 6) is -8.71. The molecule has 0 aliphatic heterocycles. The van der Waals surface area contributed by atoms with Crippen molar-refractivity contribution in [1.82, 2.24) is 47.2 Å². The van der Waals surface area contributed by atoms with Gasteiger partial charge in [-0.15, -0.1) is 0 Å². The van der Waals surface area contributed by atoms with Crippen LogP contribution >= 0.6 is 0 Å². The van der Waals surface area contributed by atoms with Crippen LogP contribution in [0, 0.1) is 5.92 Å². The minimum Gasteiger partial charge on any atom is -0.370 e. The van der Waals surface area contributed by atoms with E-state index in [1.54, 1.807) is 38.4 Å². The molecule has 31 heteroatoms. The molecule has 4 rings (SSSR count). The number of benzene rings is 2. The third-order valence-electron chi connectivity index (χ3n) is 13.8. The first-order chi connectivity index (χ1) is 40.9. The van der Waals surface area contributed by atoms with Gasteiger partial charge in [-0.3, -0.25) is 58.1 Å². The second-order valence-electron chi connectivity index (χ2n) is 21.0. The van der Waals surface area contributed by atoms with Crippen LogP contribution in [0.1, 0.15) is 89.2 Å². The Bertz CT molecular complexity index is 3040. The number of hydrogen-bond acceptors (Lipinski definition) is 14. The van der Waals surface area contributed by atoms with E-state index in [1.807, 2.05) is 36.4 Å². The molecule has 0 fully saturated rings. The molecule has 9 amide bonds. The van der Waals surface area contributed by atoms with Crippen molar-refractivity contribution < 1.29 is 43.2 Å². The number of fused-ring (bicyclic) bond motifs is 2. The maximum atomic E-state index is 14.9. The van der Waals surface area contributed by atoms with Gasteiger partial charge in [0.25, 0.3) is 0 Å². The molecule has 0 unspecified atom stereocenters. The fourth-order valence-electron chi connectivity index (χ4n) is 9.28. The molecule has 2 aromatic heterocycles. The first-order valence-corrected chi connectivity index (χ1v) is 28.3. The standard InChI is InChI=1S/C55H86N22O9/c1-29(2)44(52(86)74-40(19-11-23-68-55(64)65)48(82)72-39(18-10-22-67-54(62)63)47(81)71-37(45(59)79)17-9-21-66-53(60)61)77-49(83)38(16-7-8-20-56)73-50(84)42(25-31-28-70-36-15-6-4-13-33(31)36)76-51(85)41(75-46(80)34(57)26-43(58)78)24-30-27-69-35-14-5-3-12-32(30)35/h3-6,12-15,27-29,34,37-42,44,69-70H,7-11,16-26,56-57H2,1-2H3,(H2,58,78)(H2,59,79)(H,71,81)(H,72,82)(H,73,84)(H,74,86)(H,75,80)(H,76,85)(H,77,83)(H4,60,61,66)(H4,62,63,67)(H4,64,65,68)/t34-,37-,38-,39-,40-,41-,42-,44-/m1/s1. The minimum atomic E-state index is -1.41. The van der Waals surface area contributed by atoms with Crippen molar-refractivity contribution in [3.05, 3.63) is 72.1 Å². The molecule has 0 saturated carbocycles. The summed E-state index contributed by atoms with van der Waals surface area (Å²) in [5.41, 5.74) is 58.6. The predicted octanol–water partition coefficient (Wildman–Crippen LogP) is -4.54. The van der Waals surface area contributed by atoms with Crippen LogP contribution in [-0.4, -0.2) is 156 Å². The summed E-state index contributed by atoms with van der Waals surface area (Å²) < 4.78 is 0. The van der Waals surface area contributed by atoms with Gasteiger partial charge in [0.1, 0.15) is 42.3 Å². The fraction of sp³-hybridized carbons (Fsp3) is 0.491. The first kappa shape index (κ1) is 69.0. The van der Waals surface area contributed by atoms with Crippen LogP contribution in [0.5, 0.6) is 0 Å². The highest BCUT2D eigenvalue weighted by molar-refractivity contribution is 5.99. The molecule has 0 spiro atoms. The molecule has 0 aliphatic rings. The normalized spacial score (nSPS) is 13.9. The Morgan fingerprint density at radius 1 is 0.453 bits per heavy atom. The number of nitrogens with one attached hydrogen (secondary N) is 9. The lowest BCUT2D eigenvalue weighted by Crippen LogP contribution is -2.61. The summed E-state index contributed by atoms with van der Waals surface area (Å²) in [6.07, 6.45) is 3.88. The molecule has 4 aromatic rings. The van der Waals surface area contributed by atoms with Crippen LogP contribution in [0.15, 0.2) is 75.9 Å². The van der Waals surface area contributed by atoms with Crippen LogP contribution in [0.25, 0.3) is 21.8 Å². The topological polar surface area (TPSA) is 567 Å². The summed E-state index contributed by atoms with van der Waals surface area (Å²) in [4.78, 5) is 143. The number of primary amides is 2. The van der Waals surface area contributed by atoms with Gasteiger partial charge in [-0.2, -0.15) is 0 Å². The van der Waals surface area contributed by atoms with Crippen molar-refractivity contribution in [2.24, 2.45) is 78.2 Å². The van der Waals surface area contributed by atoms with Gasteiger partial charge >= 0.3 is 0 Å². The molecule has 0 radical (unpaired) electrons. The van der Waals surface area contributed by atoms with E-state index >= 15 is 0 Å². The highest BCUT2D eigenvalue weighted by atomic mass is 16.2. The maximum Gasteiger partial charge on any atom is 0.243 e. The summed E-state index contributed by atoms with van der Waals surface area (Å²) in [6, 6.07) is 3.78. The largest absolute Gasteiger partial charge is 0.370 e. The van der Waals surface area contributed by atoms with E-state index in [9.17, 15) is 43.2 Å². The Kier molecular flexibility index (Phi) is 28.0. The molecular weight excluding hydrogens is 1110 g/mol. The minimum absolute atomic E-state index is 0.0152. The molecule has 470 valence electrons. The van der Waals surface area contributed by atoms with Gasteiger partial charge < -0.3 is 105 Å². The number of carbonyl (C=O) groups is 9. The average molecular weight is 1200 g/mol. The molecule has 29 N–H and O–H groups in total. The monoisotopic (exact) mass is 1200 g/mol.